The highest BCUT2D eigenvalue weighted by atomic mass is 16.3. The Morgan fingerprint density at radius 1 is 1.12 bits per heavy atom. The van der Waals surface area contributed by atoms with Crippen LogP contribution in [0.3, 0.4) is 0 Å². The summed E-state index contributed by atoms with van der Waals surface area (Å²) in [6, 6.07) is 11.8. The number of carbonyl (C=O) groups excluding carboxylic acids is 3. The lowest BCUT2D eigenvalue weighted by Crippen LogP contribution is -2.46. The van der Waals surface area contributed by atoms with E-state index in [-0.39, 0.29) is 18.9 Å². The highest BCUT2D eigenvalue weighted by Crippen LogP contribution is 2.20. The minimum Gasteiger partial charge on any atom is -0.467 e. The molecular weight excluding hydrogens is 324 g/mol. The summed E-state index contributed by atoms with van der Waals surface area (Å²) >= 11 is 0. The molecule has 8 nitrogen and oxygen atoms in total. The molecule has 2 heterocycles. The third-order valence-electron chi connectivity index (χ3n) is 3.84. The number of furan rings is 1. The van der Waals surface area contributed by atoms with Crippen LogP contribution in [0.25, 0.3) is 0 Å². The van der Waals surface area contributed by atoms with Gasteiger partial charge in [-0.15, -0.1) is 0 Å². The average Bonchev–Trinajstić information content (AvgIpc) is 3.24. The number of hydrogen-bond donors (Lipinski definition) is 3. The van der Waals surface area contributed by atoms with Gasteiger partial charge in [0, 0.05) is 18.7 Å². The second-order valence-corrected chi connectivity index (χ2v) is 5.69. The van der Waals surface area contributed by atoms with E-state index in [1.807, 2.05) is 6.07 Å². The van der Waals surface area contributed by atoms with E-state index in [0.29, 0.717) is 18.0 Å². The molecule has 1 aromatic carbocycles. The molecule has 4 amide bonds. The van der Waals surface area contributed by atoms with Crippen LogP contribution in [0.5, 0.6) is 0 Å². The largest absolute Gasteiger partial charge is 0.467 e. The van der Waals surface area contributed by atoms with Gasteiger partial charge >= 0.3 is 6.03 Å². The number of urea groups is 1. The lowest BCUT2D eigenvalue weighted by molar-refractivity contribution is -0.129. The van der Waals surface area contributed by atoms with Crippen LogP contribution in [0, 0.1) is 5.92 Å². The standard InChI is InChI=1S/C17H18N4O4/c22-15-9-12(10-21(15)11-14-7-4-8-25-14)16(23)19-20-17(24)18-13-5-2-1-3-6-13/h1-8,12H,9-11H2,(H,19,23)(H2,18,20,24)/t12-/m1/s1. The highest BCUT2D eigenvalue weighted by molar-refractivity contribution is 5.93. The molecule has 1 atom stereocenters. The van der Waals surface area contributed by atoms with Crippen molar-refractivity contribution < 1.29 is 18.8 Å². The van der Waals surface area contributed by atoms with Gasteiger partial charge in [-0.05, 0) is 24.3 Å². The summed E-state index contributed by atoms with van der Waals surface area (Å²) in [5.74, 6) is -0.377. The predicted molar refractivity (Wildman–Crippen MR) is 89.0 cm³/mol. The quantitative estimate of drug-likeness (QED) is 0.732. The number of carbonyl (C=O) groups is 3. The Morgan fingerprint density at radius 3 is 2.64 bits per heavy atom. The van der Waals surface area contributed by atoms with Gasteiger partial charge in [-0.25, -0.2) is 10.2 Å². The Morgan fingerprint density at radius 2 is 1.92 bits per heavy atom. The second-order valence-electron chi connectivity index (χ2n) is 5.69. The van der Waals surface area contributed by atoms with Crippen molar-refractivity contribution in [1.82, 2.24) is 15.8 Å². The summed E-state index contributed by atoms with van der Waals surface area (Å²) in [4.78, 5) is 37.4. The topological polar surface area (TPSA) is 104 Å². The van der Waals surface area contributed by atoms with Crippen LogP contribution in [-0.4, -0.2) is 29.3 Å². The zero-order valence-electron chi connectivity index (χ0n) is 13.4. The zero-order valence-corrected chi connectivity index (χ0v) is 13.4. The number of nitrogens with one attached hydrogen (secondary N) is 3. The van der Waals surface area contributed by atoms with Gasteiger partial charge in [0.15, 0.2) is 0 Å². The molecule has 3 N–H and O–H groups in total. The fourth-order valence-electron chi connectivity index (χ4n) is 2.60. The first-order chi connectivity index (χ1) is 12.1. The van der Waals surface area contributed by atoms with Gasteiger partial charge in [-0.3, -0.25) is 15.0 Å². The van der Waals surface area contributed by atoms with E-state index in [1.165, 1.54) is 6.26 Å². The van der Waals surface area contributed by atoms with E-state index in [2.05, 4.69) is 16.2 Å². The summed E-state index contributed by atoms with van der Waals surface area (Å²) in [6.45, 7) is 0.616. The van der Waals surface area contributed by atoms with Crippen LogP contribution in [0.4, 0.5) is 10.5 Å². The van der Waals surface area contributed by atoms with Crippen molar-refractivity contribution in [2.24, 2.45) is 5.92 Å². The molecule has 8 heteroatoms. The predicted octanol–water partition coefficient (Wildman–Crippen LogP) is 1.48. The van der Waals surface area contributed by atoms with E-state index in [0.717, 1.165) is 0 Å². The van der Waals surface area contributed by atoms with Gasteiger partial charge in [-0.2, -0.15) is 0 Å². The molecule has 2 aromatic rings. The van der Waals surface area contributed by atoms with Crippen molar-refractivity contribution in [2.75, 3.05) is 11.9 Å². The fourth-order valence-corrected chi connectivity index (χ4v) is 2.60. The number of hydrazine groups is 1. The third-order valence-corrected chi connectivity index (χ3v) is 3.84. The molecule has 1 aromatic heterocycles. The molecule has 1 fully saturated rings. The maximum atomic E-state index is 12.1. The smallest absolute Gasteiger partial charge is 0.337 e. The van der Waals surface area contributed by atoms with Crippen LogP contribution in [0.2, 0.25) is 0 Å². The number of anilines is 1. The van der Waals surface area contributed by atoms with Crippen molar-refractivity contribution >= 4 is 23.5 Å². The first-order valence-electron chi connectivity index (χ1n) is 7.84. The summed E-state index contributed by atoms with van der Waals surface area (Å²) in [5, 5.41) is 2.58. The molecular formula is C17H18N4O4. The molecule has 1 saturated heterocycles. The van der Waals surface area contributed by atoms with Gasteiger partial charge in [-0.1, -0.05) is 18.2 Å². The molecule has 0 radical (unpaired) electrons. The van der Waals surface area contributed by atoms with Crippen LogP contribution in [0.1, 0.15) is 12.2 Å². The Labute approximate surface area is 144 Å². The zero-order chi connectivity index (χ0) is 17.6. The summed E-state index contributed by atoms with van der Waals surface area (Å²) < 4.78 is 5.22. The van der Waals surface area contributed by atoms with Gasteiger partial charge in [0.2, 0.25) is 11.8 Å². The summed E-state index contributed by atoms with van der Waals surface area (Å²) in [6.07, 6.45) is 1.64. The molecule has 0 aliphatic carbocycles. The van der Waals surface area contributed by atoms with Gasteiger partial charge < -0.3 is 14.6 Å². The Kier molecular flexibility index (Phi) is 4.98. The summed E-state index contributed by atoms with van der Waals surface area (Å²) in [7, 11) is 0. The van der Waals surface area contributed by atoms with E-state index >= 15 is 0 Å². The lowest BCUT2D eigenvalue weighted by atomic mass is 10.1. The van der Waals surface area contributed by atoms with Crippen LogP contribution in [-0.2, 0) is 16.1 Å². The maximum absolute atomic E-state index is 12.1. The summed E-state index contributed by atoms with van der Waals surface area (Å²) in [5.41, 5.74) is 5.23. The first kappa shape index (κ1) is 16.6. The lowest BCUT2D eigenvalue weighted by Gasteiger charge is -2.15. The molecule has 0 saturated carbocycles. The third kappa shape index (κ3) is 4.37. The number of amides is 4. The van der Waals surface area contributed by atoms with Crippen LogP contribution in [0.15, 0.2) is 53.1 Å². The number of benzene rings is 1. The monoisotopic (exact) mass is 342 g/mol. The number of hydrogen-bond acceptors (Lipinski definition) is 4. The molecule has 130 valence electrons. The van der Waals surface area contributed by atoms with Crippen molar-refractivity contribution in [2.45, 2.75) is 13.0 Å². The molecule has 0 bridgehead atoms. The van der Waals surface area contributed by atoms with E-state index in [9.17, 15) is 14.4 Å². The van der Waals surface area contributed by atoms with Gasteiger partial charge in [0.1, 0.15) is 5.76 Å². The van der Waals surface area contributed by atoms with Gasteiger partial charge in [0.05, 0.1) is 18.7 Å². The van der Waals surface area contributed by atoms with E-state index in [1.54, 1.807) is 41.3 Å². The van der Waals surface area contributed by atoms with Gasteiger partial charge in [0.25, 0.3) is 0 Å². The Bertz CT molecular complexity index is 745. The molecule has 1 aliphatic heterocycles. The molecule has 0 spiro atoms. The number of para-hydroxylation sites is 1. The van der Waals surface area contributed by atoms with E-state index < -0.39 is 17.9 Å². The molecule has 1 aliphatic rings. The van der Waals surface area contributed by atoms with Crippen LogP contribution < -0.4 is 16.2 Å². The van der Waals surface area contributed by atoms with Crippen molar-refractivity contribution in [3.63, 3.8) is 0 Å². The number of rotatable bonds is 4. The number of likely N-dealkylation sites (tertiary alicyclic amines) is 1. The van der Waals surface area contributed by atoms with E-state index in [4.69, 9.17) is 4.42 Å². The fraction of sp³-hybridized carbons (Fsp3) is 0.235. The molecule has 3 rings (SSSR count). The average molecular weight is 342 g/mol. The number of nitrogens with zero attached hydrogens (tertiary/aromatic N) is 1. The Hall–Kier alpha value is -3.29. The normalized spacial score (nSPS) is 16.6. The minimum absolute atomic E-state index is 0.106. The Balaban J connectivity index is 1.45. The van der Waals surface area contributed by atoms with Crippen LogP contribution >= 0.6 is 0 Å². The first-order valence-corrected chi connectivity index (χ1v) is 7.84. The SMILES string of the molecule is O=C(NNC(=O)[C@@H]1CC(=O)N(Cc2ccco2)C1)Nc1ccccc1. The molecule has 25 heavy (non-hydrogen) atoms. The van der Waals surface area contributed by atoms with Crippen molar-refractivity contribution in [3.8, 4) is 0 Å². The highest BCUT2D eigenvalue weighted by Gasteiger charge is 2.34. The minimum atomic E-state index is -0.559. The maximum Gasteiger partial charge on any atom is 0.337 e. The van der Waals surface area contributed by atoms with Crippen molar-refractivity contribution in [3.05, 3.63) is 54.5 Å². The second kappa shape index (κ2) is 7.52. The van der Waals surface area contributed by atoms with Crippen molar-refractivity contribution in [1.29, 1.82) is 0 Å². The molecule has 0 unspecified atom stereocenters.